The maximum atomic E-state index is 12.5. The molecule has 0 heterocycles. The van der Waals surface area contributed by atoms with Gasteiger partial charge in [0.1, 0.15) is 5.75 Å². The molecule has 2 aromatic rings. The van der Waals surface area contributed by atoms with Crippen LogP contribution in [0.5, 0.6) is 5.75 Å². The normalized spacial score (nSPS) is 10.6. The molecule has 29 heavy (non-hydrogen) atoms. The van der Waals surface area contributed by atoms with Gasteiger partial charge in [0.05, 0.1) is 27.8 Å². The molecule has 0 saturated carbocycles. The van der Waals surface area contributed by atoms with Crippen LogP contribution in [0, 0.1) is 0 Å². The molecule has 0 radical (unpaired) electrons. The number of benzene rings is 2. The van der Waals surface area contributed by atoms with E-state index in [0.29, 0.717) is 11.6 Å². The lowest BCUT2D eigenvalue weighted by molar-refractivity contribution is 0.0489. The minimum Gasteiger partial charge on any atom is -0.462 e. The third-order valence-electron chi connectivity index (χ3n) is 4.45. The number of halogens is 2. The molecule has 0 aromatic heterocycles. The zero-order chi connectivity index (χ0) is 21.1. The largest absolute Gasteiger partial charge is 0.462 e. The van der Waals surface area contributed by atoms with Gasteiger partial charge < -0.3 is 9.47 Å². The first-order chi connectivity index (χ1) is 14.0. The van der Waals surface area contributed by atoms with Crippen LogP contribution in [0.2, 0.25) is 10.0 Å². The number of unbranched alkanes of at least 4 members (excludes halogenated alkanes) is 6. The molecule has 0 N–H and O–H groups in total. The standard InChI is InChI=1S/C23H26Cl2O4/c1-2-3-4-5-6-7-10-15-28-22(26)18-11-8-9-12-19(18)23(27)29-17-13-14-20(24)21(25)16-17/h8-9,11-14,16H,2-7,10,15H2,1H3. The zero-order valence-corrected chi connectivity index (χ0v) is 18.1. The van der Waals surface area contributed by atoms with E-state index < -0.39 is 11.9 Å². The van der Waals surface area contributed by atoms with Crippen LogP contribution >= 0.6 is 23.2 Å². The van der Waals surface area contributed by atoms with Crippen molar-refractivity contribution < 1.29 is 19.1 Å². The molecule has 0 saturated heterocycles. The maximum absolute atomic E-state index is 12.5. The van der Waals surface area contributed by atoms with Crippen molar-refractivity contribution in [2.45, 2.75) is 51.9 Å². The molecule has 0 bridgehead atoms. The SMILES string of the molecule is CCCCCCCCCOC(=O)c1ccccc1C(=O)Oc1ccc(Cl)c(Cl)c1. The Morgan fingerprint density at radius 3 is 2.07 bits per heavy atom. The average molecular weight is 437 g/mol. The monoisotopic (exact) mass is 436 g/mol. The maximum Gasteiger partial charge on any atom is 0.344 e. The lowest BCUT2D eigenvalue weighted by atomic mass is 10.1. The molecule has 2 rings (SSSR count). The summed E-state index contributed by atoms with van der Waals surface area (Å²) in [7, 11) is 0. The predicted octanol–water partition coefficient (Wildman–Crippen LogP) is 7.12. The molecule has 0 atom stereocenters. The molecule has 0 spiro atoms. The number of esters is 2. The van der Waals surface area contributed by atoms with Crippen LogP contribution < -0.4 is 4.74 Å². The highest BCUT2D eigenvalue weighted by molar-refractivity contribution is 6.42. The predicted molar refractivity (Wildman–Crippen MR) is 116 cm³/mol. The number of hydrogen-bond donors (Lipinski definition) is 0. The topological polar surface area (TPSA) is 52.6 Å². The summed E-state index contributed by atoms with van der Waals surface area (Å²) in [5.41, 5.74) is 0.323. The Bertz CT molecular complexity index is 820. The van der Waals surface area contributed by atoms with Crippen molar-refractivity contribution in [1.82, 2.24) is 0 Å². The molecule has 0 unspecified atom stereocenters. The van der Waals surface area contributed by atoms with Gasteiger partial charge in [0, 0.05) is 6.07 Å². The van der Waals surface area contributed by atoms with Crippen molar-refractivity contribution in [3.05, 3.63) is 63.6 Å². The van der Waals surface area contributed by atoms with E-state index >= 15 is 0 Å². The Balaban J connectivity index is 1.89. The Hall–Kier alpha value is -2.04. The summed E-state index contributed by atoms with van der Waals surface area (Å²) in [6.45, 7) is 2.53. The second kappa shape index (κ2) is 12.5. The summed E-state index contributed by atoms with van der Waals surface area (Å²) in [6, 6.07) is 11.0. The summed E-state index contributed by atoms with van der Waals surface area (Å²) in [5.74, 6) is -0.944. The molecule has 0 aliphatic rings. The highest BCUT2D eigenvalue weighted by Crippen LogP contribution is 2.27. The van der Waals surface area contributed by atoms with E-state index in [0.717, 1.165) is 19.3 Å². The second-order valence-corrected chi connectivity index (χ2v) is 7.58. The van der Waals surface area contributed by atoms with Gasteiger partial charge >= 0.3 is 11.9 Å². The molecular weight excluding hydrogens is 411 g/mol. The number of carbonyl (C=O) groups is 2. The van der Waals surface area contributed by atoms with Gasteiger partial charge in [0.2, 0.25) is 0 Å². The lowest BCUT2D eigenvalue weighted by Crippen LogP contribution is -2.16. The van der Waals surface area contributed by atoms with Crippen LogP contribution in [0.4, 0.5) is 0 Å². The van der Waals surface area contributed by atoms with E-state index in [4.69, 9.17) is 32.7 Å². The smallest absolute Gasteiger partial charge is 0.344 e. The van der Waals surface area contributed by atoms with Gasteiger partial charge in [0.15, 0.2) is 0 Å². The van der Waals surface area contributed by atoms with Gasteiger partial charge in [-0.2, -0.15) is 0 Å². The van der Waals surface area contributed by atoms with Crippen LogP contribution in [0.15, 0.2) is 42.5 Å². The third kappa shape index (κ3) is 7.71. The van der Waals surface area contributed by atoms with Crippen LogP contribution in [-0.4, -0.2) is 18.5 Å². The van der Waals surface area contributed by atoms with Gasteiger partial charge in [-0.15, -0.1) is 0 Å². The van der Waals surface area contributed by atoms with Crippen molar-refractivity contribution in [3.63, 3.8) is 0 Å². The van der Waals surface area contributed by atoms with E-state index in [1.807, 2.05) is 0 Å². The van der Waals surface area contributed by atoms with E-state index in [-0.39, 0.29) is 21.9 Å². The van der Waals surface area contributed by atoms with Gasteiger partial charge in [0.25, 0.3) is 0 Å². The summed E-state index contributed by atoms with van der Waals surface area (Å²) in [5, 5.41) is 0.639. The molecule has 0 fully saturated rings. The summed E-state index contributed by atoms with van der Waals surface area (Å²) in [6.07, 6.45) is 7.94. The number of rotatable bonds is 11. The van der Waals surface area contributed by atoms with Crippen LogP contribution in [-0.2, 0) is 4.74 Å². The molecule has 0 aliphatic carbocycles. The Kier molecular flexibility index (Phi) is 10.0. The third-order valence-corrected chi connectivity index (χ3v) is 5.19. The fraction of sp³-hybridized carbons (Fsp3) is 0.391. The van der Waals surface area contributed by atoms with Crippen LogP contribution in [0.1, 0.15) is 72.6 Å². The first-order valence-corrected chi connectivity index (χ1v) is 10.7. The average Bonchev–Trinajstić information content (AvgIpc) is 2.72. The Morgan fingerprint density at radius 1 is 0.793 bits per heavy atom. The quantitative estimate of drug-likeness (QED) is 0.213. The van der Waals surface area contributed by atoms with E-state index in [1.165, 1.54) is 49.9 Å². The van der Waals surface area contributed by atoms with Crippen molar-refractivity contribution in [3.8, 4) is 5.75 Å². The summed E-state index contributed by atoms with van der Waals surface area (Å²) >= 11 is 11.8. The summed E-state index contributed by atoms with van der Waals surface area (Å²) in [4.78, 5) is 25.0. The van der Waals surface area contributed by atoms with Gasteiger partial charge in [-0.1, -0.05) is 80.8 Å². The Labute approximate surface area is 182 Å². The lowest BCUT2D eigenvalue weighted by Gasteiger charge is -2.10. The highest BCUT2D eigenvalue weighted by Gasteiger charge is 2.19. The first kappa shape index (κ1) is 23.2. The zero-order valence-electron chi connectivity index (χ0n) is 16.6. The highest BCUT2D eigenvalue weighted by atomic mass is 35.5. The van der Waals surface area contributed by atoms with Crippen molar-refractivity contribution >= 4 is 35.1 Å². The fourth-order valence-electron chi connectivity index (χ4n) is 2.84. The van der Waals surface area contributed by atoms with Crippen molar-refractivity contribution in [2.75, 3.05) is 6.61 Å². The van der Waals surface area contributed by atoms with Crippen molar-refractivity contribution in [1.29, 1.82) is 0 Å². The number of ether oxygens (including phenoxy) is 2. The van der Waals surface area contributed by atoms with Crippen LogP contribution in [0.3, 0.4) is 0 Å². The van der Waals surface area contributed by atoms with Crippen LogP contribution in [0.25, 0.3) is 0 Å². The second-order valence-electron chi connectivity index (χ2n) is 6.77. The molecule has 0 amide bonds. The molecule has 156 valence electrons. The van der Waals surface area contributed by atoms with Gasteiger partial charge in [-0.3, -0.25) is 0 Å². The van der Waals surface area contributed by atoms with E-state index in [9.17, 15) is 9.59 Å². The number of hydrogen-bond acceptors (Lipinski definition) is 4. The van der Waals surface area contributed by atoms with Gasteiger partial charge in [-0.05, 0) is 30.7 Å². The molecule has 2 aromatic carbocycles. The molecular formula is C23H26Cl2O4. The molecule has 6 heteroatoms. The molecule has 4 nitrogen and oxygen atoms in total. The first-order valence-electron chi connectivity index (χ1n) is 9.96. The van der Waals surface area contributed by atoms with E-state index in [1.54, 1.807) is 18.2 Å². The minimum absolute atomic E-state index is 0.142. The Morgan fingerprint density at radius 2 is 1.41 bits per heavy atom. The van der Waals surface area contributed by atoms with E-state index in [2.05, 4.69) is 6.92 Å². The summed E-state index contributed by atoms with van der Waals surface area (Å²) < 4.78 is 10.7. The number of carbonyl (C=O) groups excluding carboxylic acids is 2. The van der Waals surface area contributed by atoms with Gasteiger partial charge in [-0.25, -0.2) is 9.59 Å². The molecule has 0 aliphatic heterocycles. The fourth-order valence-corrected chi connectivity index (χ4v) is 3.13. The minimum atomic E-state index is -0.660. The van der Waals surface area contributed by atoms with Crippen molar-refractivity contribution in [2.24, 2.45) is 0 Å².